The molecule has 2 heterocycles. The molecule has 2 aromatic heterocycles. The first-order valence-electron chi connectivity index (χ1n) is 16.1. The lowest BCUT2D eigenvalue weighted by atomic mass is 10.1. The number of pyridine rings is 2. The van der Waals surface area contributed by atoms with Gasteiger partial charge in [-0.1, -0.05) is 144 Å². The van der Waals surface area contributed by atoms with Gasteiger partial charge in [0.05, 0.1) is 14.9 Å². The lowest BCUT2D eigenvalue weighted by Crippen LogP contribution is -2.30. The van der Waals surface area contributed by atoms with E-state index in [4.69, 9.17) is 46.4 Å². The SMILES string of the molecule is CCN(Cc1cccc(C)c1)S(=O)(=O)c1ccc2c(Cl)cnc(Cl)c2c1.CCNCc1cccc(C)c1.Cc1ccc2c(Cl)cnc(Cl)c2c1. The van der Waals surface area contributed by atoms with Crippen LogP contribution in [0.15, 0.2) is 102 Å². The molecule has 1 N–H and O–H groups in total. The largest absolute Gasteiger partial charge is 0.313 e. The summed E-state index contributed by atoms with van der Waals surface area (Å²) in [6, 6.07) is 27.1. The smallest absolute Gasteiger partial charge is 0.243 e. The molecule has 11 heteroatoms. The zero-order chi connectivity index (χ0) is 36.4. The normalized spacial score (nSPS) is 11.2. The van der Waals surface area contributed by atoms with Crippen molar-refractivity contribution in [1.82, 2.24) is 19.6 Å². The van der Waals surface area contributed by atoms with Gasteiger partial charge in [-0.15, -0.1) is 0 Å². The first-order valence-corrected chi connectivity index (χ1v) is 19.0. The maximum absolute atomic E-state index is 13.1. The zero-order valence-corrected chi connectivity index (χ0v) is 32.5. The molecule has 0 spiro atoms. The fourth-order valence-electron chi connectivity index (χ4n) is 5.23. The second kappa shape index (κ2) is 18.3. The maximum Gasteiger partial charge on any atom is 0.243 e. The highest BCUT2D eigenvalue weighted by molar-refractivity contribution is 7.89. The number of nitrogens with zero attached hydrogens (tertiary/aromatic N) is 3. The van der Waals surface area contributed by atoms with Crippen molar-refractivity contribution >= 4 is 78.0 Å². The molecule has 0 aliphatic heterocycles. The summed E-state index contributed by atoms with van der Waals surface area (Å²) in [5.41, 5.74) is 5.89. The number of aromatic nitrogens is 2. The molecule has 0 amide bonds. The Morgan fingerprint density at radius 1 is 0.640 bits per heavy atom. The van der Waals surface area contributed by atoms with Crippen LogP contribution >= 0.6 is 46.4 Å². The third-order valence-electron chi connectivity index (χ3n) is 7.80. The van der Waals surface area contributed by atoms with Gasteiger partial charge in [0.1, 0.15) is 10.3 Å². The Balaban J connectivity index is 0.000000194. The topological polar surface area (TPSA) is 75.2 Å². The first kappa shape index (κ1) is 39.5. The Morgan fingerprint density at radius 2 is 1.16 bits per heavy atom. The molecule has 262 valence electrons. The maximum atomic E-state index is 13.1. The number of rotatable bonds is 8. The summed E-state index contributed by atoms with van der Waals surface area (Å²) >= 11 is 24.2. The second-order valence-corrected chi connectivity index (χ2v) is 15.2. The molecule has 0 fully saturated rings. The monoisotopic (exact) mass is 768 g/mol. The van der Waals surface area contributed by atoms with Crippen LogP contribution in [0.3, 0.4) is 0 Å². The summed E-state index contributed by atoms with van der Waals surface area (Å²) in [6.07, 6.45) is 3.03. The van der Waals surface area contributed by atoms with Gasteiger partial charge in [-0.05, 0) is 56.6 Å². The molecule has 6 rings (SSSR count). The lowest BCUT2D eigenvalue weighted by Gasteiger charge is -2.21. The Hall–Kier alpha value is -3.27. The number of sulfonamides is 1. The van der Waals surface area contributed by atoms with Gasteiger partial charge in [-0.3, -0.25) is 0 Å². The minimum Gasteiger partial charge on any atom is -0.313 e. The average Bonchev–Trinajstić information content (AvgIpc) is 3.10. The van der Waals surface area contributed by atoms with Gasteiger partial charge in [0, 0.05) is 53.6 Å². The van der Waals surface area contributed by atoms with Crippen LogP contribution in [-0.4, -0.2) is 35.8 Å². The van der Waals surface area contributed by atoms with E-state index in [1.54, 1.807) is 18.3 Å². The van der Waals surface area contributed by atoms with E-state index in [1.807, 2.05) is 63.2 Å². The number of hydrogen-bond donors (Lipinski definition) is 1. The van der Waals surface area contributed by atoms with E-state index in [0.29, 0.717) is 39.1 Å². The molecule has 0 saturated carbocycles. The van der Waals surface area contributed by atoms with Crippen LogP contribution in [0, 0.1) is 20.8 Å². The van der Waals surface area contributed by atoms with Crippen LogP contribution in [0.5, 0.6) is 0 Å². The van der Waals surface area contributed by atoms with Gasteiger partial charge in [-0.25, -0.2) is 18.4 Å². The van der Waals surface area contributed by atoms with Crippen molar-refractivity contribution in [3.8, 4) is 0 Å². The van der Waals surface area contributed by atoms with E-state index in [-0.39, 0.29) is 10.0 Å². The Morgan fingerprint density at radius 3 is 1.72 bits per heavy atom. The number of nitrogens with one attached hydrogen (secondary N) is 1. The third-order valence-corrected chi connectivity index (χ3v) is 10.9. The van der Waals surface area contributed by atoms with Crippen LogP contribution < -0.4 is 5.32 Å². The molecule has 0 atom stereocenters. The Kier molecular flexibility index (Phi) is 14.5. The summed E-state index contributed by atoms with van der Waals surface area (Å²) in [6.45, 7) is 12.7. The van der Waals surface area contributed by atoms with E-state index in [0.717, 1.165) is 40.6 Å². The van der Waals surface area contributed by atoms with Crippen molar-refractivity contribution < 1.29 is 8.42 Å². The summed E-state index contributed by atoms with van der Waals surface area (Å²) < 4.78 is 27.7. The molecule has 0 unspecified atom stereocenters. The molecule has 6 aromatic rings. The number of hydrogen-bond acceptors (Lipinski definition) is 5. The predicted molar refractivity (Wildman–Crippen MR) is 211 cm³/mol. The van der Waals surface area contributed by atoms with Crippen LogP contribution in [0.1, 0.15) is 41.7 Å². The van der Waals surface area contributed by atoms with Crippen molar-refractivity contribution in [2.45, 2.75) is 52.6 Å². The second-order valence-electron chi connectivity index (χ2n) is 11.7. The molecular formula is C39H40Cl4N4O2S. The van der Waals surface area contributed by atoms with Gasteiger partial charge >= 0.3 is 0 Å². The van der Waals surface area contributed by atoms with Crippen LogP contribution in [0.2, 0.25) is 20.4 Å². The molecule has 0 radical (unpaired) electrons. The fourth-order valence-corrected chi connectivity index (χ4v) is 7.53. The van der Waals surface area contributed by atoms with E-state index in [1.165, 1.54) is 27.7 Å². The number of aryl methyl sites for hydroxylation is 3. The molecule has 0 aliphatic rings. The summed E-state index contributed by atoms with van der Waals surface area (Å²) in [7, 11) is -3.68. The van der Waals surface area contributed by atoms with Gasteiger partial charge in [-0.2, -0.15) is 4.31 Å². The average molecular weight is 771 g/mol. The highest BCUT2D eigenvalue weighted by atomic mass is 35.5. The van der Waals surface area contributed by atoms with Gasteiger partial charge in [0.25, 0.3) is 0 Å². The molecular weight excluding hydrogens is 730 g/mol. The third kappa shape index (κ3) is 10.4. The van der Waals surface area contributed by atoms with Crippen LogP contribution in [-0.2, 0) is 23.1 Å². The van der Waals surface area contributed by atoms with Gasteiger partial charge in [0.2, 0.25) is 10.0 Å². The van der Waals surface area contributed by atoms with Crippen LogP contribution in [0.4, 0.5) is 0 Å². The number of benzene rings is 4. The first-order chi connectivity index (χ1) is 23.8. The fraction of sp³-hybridized carbons (Fsp3) is 0.231. The lowest BCUT2D eigenvalue weighted by molar-refractivity contribution is 0.423. The Labute approximate surface area is 315 Å². The Bertz CT molecular complexity index is 2200. The van der Waals surface area contributed by atoms with Crippen molar-refractivity contribution in [1.29, 1.82) is 0 Å². The van der Waals surface area contributed by atoms with Crippen molar-refractivity contribution in [3.63, 3.8) is 0 Å². The number of fused-ring (bicyclic) bond motifs is 2. The quantitative estimate of drug-likeness (QED) is 0.156. The molecule has 0 bridgehead atoms. The molecule has 0 aliphatic carbocycles. The zero-order valence-electron chi connectivity index (χ0n) is 28.6. The number of halogens is 4. The molecule has 4 aromatic carbocycles. The minimum absolute atomic E-state index is 0.172. The highest BCUT2D eigenvalue weighted by Crippen LogP contribution is 2.31. The molecule has 50 heavy (non-hydrogen) atoms. The van der Waals surface area contributed by atoms with Crippen molar-refractivity contribution in [2.24, 2.45) is 0 Å². The van der Waals surface area contributed by atoms with E-state index in [9.17, 15) is 8.42 Å². The molecule has 6 nitrogen and oxygen atoms in total. The summed E-state index contributed by atoms with van der Waals surface area (Å²) in [5, 5.41) is 8.15. The van der Waals surface area contributed by atoms with E-state index < -0.39 is 10.0 Å². The predicted octanol–water partition coefficient (Wildman–Crippen LogP) is 11.0. The highest BCUT2D eigenvalue weighted by Gasteiger charge is 2.24. The summed E-state index contributed by atoms with van der Waals surface area (Å²) in [4.78, 5) is 8.15. The van der Waals surface area contributed by atoms with Crippen molar-refractivity contribution in [2.75, 3.05) is 13.1 Å². The van der Waals surface area contributed by atoms with Crippen molar-refractivity contribution in [3.05, 3.63) is 145 Å². The molecule has 0 saturated heterocycles. The van der Waals surface area contributed by atoms with Gasteiger partial charge < -0.3 is 5.32 Å². The summed E-state index contributed by atoms with van der Waals surface area (Å²) in [5.74, 6) is 0. The van der Waals surface area contributed by atoms with E-state index in [2.05, 4.69) is 53.4 Å². The van der Waals surface area contributed by atoms with Crippen LogP contribution in [0.25, 0.3) is 21.5 Å². The standard InChI is InChI=1S/C19H18Cl2N2O2S.C10H7Cl2N.C10H15N/c1-3-23(12-14-6-4-5-13(2)9-14)26(24,25)15-7-8-16-17(10-15)19(21)22-11-18(16)20;1-6-2-3-7-8(4-6)10(12)13-5-9(7)11;1-3-11-8-10-6-4-5-9(2)7-10/h4-11H,3,12H2,1-2H3;2-5H,1H3;4-7,11H,3,8H2,1-2H3. The minimum atomic E-state index is -3.68. The van der Waals surface area contributed by atoms with Gasteiger partial charge in [0.15, 0.2) is 0 Å². The van der Waals surface area contributed by atoms with E-state index >= 15 is 0 Å².